The minimum absolute atomic E-state index is 0.0532. The monoisotopic (exact) mass is 126 g/mol. The van der Waals surface area contributed by atoms with Gasteiger partial charge in [-0.15, -0.1) is 0 Å². The Hall–Kier alpha value is -0.0400. The molecule has 0 unspecified atom stereocenters. The van der Waals surface area contributed by atoms with Crippen LogP contribution < -0.4 is 0 Å². The fraction of sp³-hybridized carbons (Fsp3) is 1.00. The van der Waals surface area contributed by atoms with Crippen molar-refractivity contribution in [3.05, 3.63) is 0 Å². The average Bonchev–Trinajstić information content (AvgIpc) is 1.58. The molecule has 0 saturated heterocycles. The first-order valence-corrected chi connectivity index (χ1v) is 3.88. The second kappa shape index (κ2) is 1.51. The predicted octanol–water partition coefficient (Wildman–Crippen LogP) is 1.56. The Kier molecular flexibility index (Phi) is 0.963. The van der Waals surface area contributed by atoms with Crippen LogP contribution in [-0.4, -0.2) is 11.2 Å². The molecule has 1 N–H and O–H groups in total. The van der Waals surface area contributed by atoms with Crippen molar-refractivity contribution in [2.24, 2.45) is 11.3 Å². The van der Waals surface area contributed by atoms with Crippen LogP contribution in [0.1, 0.15) is 32.6 Å². The lowest BCUT2D eigenvalue weighted by Crippen LogP contribution is -2.49. The summed E-state index contributed by atoms with van der Waals surface area (Å²) in [5.74, 6) is 0.942. The van der Waals surface area contributed by atoms with Gasteiger partial charge in [0.05, 0.1) is 6.10 Å². The number of rotatable bonds is 0. The summed E-state index contributed by atoms with van der Waals surface area (Å²) in [5, 5.41) is 9.03. The molecule has 2 aliphatic rings. The van der Waals surface area contributed by atoms with E-state index in [1.54, 1.807) is 0 Å². The van der Waals surface area contributed by atoms with Gasteiger partial charge in [-0.3, -0.25) is 0 Å². The number of hydrogen-bond acceptors (Lipinski definition) is 1. The molecule has 2 rings (SSSR count). The zero-order chi connectivity index (χ0) is 6.48. The highest BCUT2D eigenvalue weighted by molar-refractivity contribution is 5.01. The van der Waals surface area contributed by atoms with Crippen LogP contribution in [0.2, 0.25) is 0 Å². The van der Waals surface area contributed by atoms with Crippen LogP contribution in [0.5, 0.6) is 0 Å². The summed E-state index contributed by atoms with van der Waals surface area (Å²) in [4.78, 5) is 0. The van der Waals surface area contributed by atoms with Crippen molar-refractivity contribution < 1.29 is 5.11 Å². The van der Waals surface area contributed by atoms with E-state index in [1.165, 1.54) is 12.8 Å². The number of hydrogen-bond donors (Lipinski definition) is 1. The highest BCUT2D eigenvalue weighted by Gasteiger charge is 2.50. The summed E-state index contributed by atoms with van der Waals surface area (Å²) >= 11 is 0. The van der Waals surface area contributed by atoms with Crippen LogP contribution in [0, 0.1) is 11.3 Å². The van der Waals surface area contributed by atoms with Gasteiger partial charge in [-0.05, 0) is 37.0 Å². The van der Waals surface area contributed by atoms with E-state index in [4.69, 9.17) is 5.11 Å². The third-order valence-corrected chi connectivity index (χ3v) is 2.90. The molecule has 0 radical (unpaired) electrons. The van der Waals surface area contributed by atoms with Gasteiger partial charge >= 0.3 is 0 Å². The van der Waals surface area contributed by atoms with Crippen molar-refractivity contribution in [2.45, 2.75) is 38.7 Å². The summed E-state index contributed by atoms with van der Waals surface area (Å²) in [7, 11) is 0. The first-order valence-electron chi connectivity index (χ1n) is 3.88. The van der Waals surface area contributed by atoms with Crippen LogP contribution >= 0.6 is 0 Å². The Morgan fingerprint density at radius 1 is 1.22 bits per heavy atom. The number of aliphatic hydroxyl groups excluding tert-OH is 1. The van der Waals surface area contributed by atoms with Gasteiger partial charge in [0.2, 0.25) is 0 Å². The second-order valence-corrected chi connectivity index (χ2v) is 4.08. The molecule has 2 saturated carbocycles. The molecule has 0 aliphatic heterocycles. The quantitative estimate of drug-likeness (QED) is 0.522. The molecular formula is C8H14O. The third kappa shape index (κ3) is 0.710. The Balaban J connectivity index is 1.87. The van der Waals surface area contributed by atoms with Gasteiger partial charge in [-0.2, -0.15) is 0 Å². The molecule has 0 bridgehead atoms. The van der Waals surface area contributed by atoms with Crippen molar-refractivity contribution >= 4 is 0 Å². The summed E-state index contributed by atoms with van der Waals surface area (Å²) < 4.78 is 0. The molecule has 0 aromatic carbocycles. The SMILES string of the molecule is CC1CC2(C1)CC(O)C2. The van der Waals surface area contributed by atoms with E-state index < -0.39 is 0 Å². The second-order valence-electron chi connectivity index (χ2n) is 4.08. The van der Waals surface area contributed by atoms with Gasteiger partial charge in [-0.25, -0.2) is 0 Å². The van der Waals surface area contributed by atoms with Gasteiger partial charge in [-0.1, -0.05) is 6.92 Å². The lowest BCUT2D eigenvalue weighted by atomic mass is 9.51. The largest absolute Gasteiger partial charge is 0.393 e. The van der Waals surface area contributed by atoms with E-state index in [0.717, 1.165) is 18.8 Å². The van der Waals surface area contributed by atoms with Crippen molar-refractivity contribution in [1.82, 2.24) is 0 Å². The van der Waals surface area contributed by atoms with Crippen molar-refractivity contribution in [1.29, 1.82) is 0 Å². The topological polar surface area (TPSA) is 20.2 Å². The lowest BCUT2D eigenvalue weighted by Gasteiger charge is -2.55. The summed E-state index contributed by atoms with van der Waals surface area (Å²) in [5.41, 5.74) is 0.638. The Bertz CT molecular complexity index is 99.0. The van der Waals surface area contributed by atoms with Crippen LogP contribution in [0.15, 0.2) is 0 Å². The normalized spacial score (nSPS) is 56.7. The summed E-state index contributed by atoms with van der Waals surface area (Å²) in [6, 6.07) is 0. The third-order valence-electron chi connectivity index (χ3n) is 2.90. The molecule has 0 amide bonds. The van der Waals surface area contributed by atoms with Gasteiger partial charge in [0.25, 0.3) is 0 Å². The molecule has 1 nitrogen and oxygen atoms in total. The van der Waals surface area contributed by atoms with Crippen molar-refractivity contribution in [3.8, 4) is 0 Å². The van der Waals surface area contributed by atoms with E-state index in [0.29, 0.717) is 5.41 Å². The van der Waals surface area contributed by atoms with Gasteiger partial charge < -0.3 is 5.11 Å². The van der Waals surface area contributed by atoms with Crippen LogP contribution in [0.4, 0.5) is 0 Å². The molecule has 2 aliphatic carbocycles. The maximum atomic E-state index is 9.03. The van der Waals surface area contributed by atoms with Gasteiger partial charge in [0, 0.05) is 0 Å². The van der Waals surface area contributed by atoms with Crippen LogP contribution in [-0.2, 0) is 0 Å². The highest BCUT2D eigenvalue weighted by Crippen LogP contribution is 2.58. The summed E-state index contributed by atoms with van der Waals surface area (Å²) in [6.07, 6.45) is 5.00. The summed E-state index contributed by atoms with van der Waals surface area (Å²) in [6.45, 7) is 2.30. The maximum absolute atomic E-state index is 9.03. The van der Waals surface area contributed by atoms with E-state index in [1.807, 2.05) is 0 Å². The Labute approximate surface area is 56.1 Å². The van der Waals surface area contributed by atoms with Gasteiger partial charge in [0.1, 0.15) is 0 Å². The van der Waals surface area contributed by atoms with Gasteiger partial charge in [0.15, 0.2) is 0 Å². The zero-order valence-electron chi connectivity index (χ0n) is 5.93. The fourth-order valence-electron chi connectivity index (χ4n) is 2.69. The molecule has 0 aromatic heterocycles. The molecule has 0 atom stereocenters. The first-order chi connectivity index (χ1) is 4.20. The highest BCUT2D eigenvalue weighted by atomic mass is 16.3. The molecule has 1 spiro atoms. The molecule has 0 heterocycles. The standard InChI is InChI=1S/C8H14O/c1-6-2-8(3-6)4-7(9)5-8/h6-7,9H,2-5H2,1H3. The van der Waals surface area contributed by atoms with Crippen molar-refractivity contribution in [3.63, 3.8) is 0 Å². The maximum Gasteiger partial charge on any atom is 0.0550 e. The fourth-order valence-corrected chi connectivity index (χ4v) is 2.69. The van der Waals surface area contributed by atoms with E-state index in [-0.39, 0.29) is 6.10 Å². The van der Waals surface area contributed by atoms with Crippen LogP contribution in [0.3, 0.4) is 0 Å². The Morgan fingerprint density at radius 3 is 2.11 bits per heavy atom. The molecule has 9 heavy (non-hydrogen) atoms. The molecule has 2 fully saturated rings. The Morgan fingerprint density at radius 2 is 1.78 bits per heavy atom. The van der Waals surface area contributed by atoms with E-state index in [9.17, 15) is 0 Å². The minimum atomic E-state index is 0.0532. The first kappa shape index (κ1) is 5.72. The minimum Gasteiger partial charge on any atom is -0.393 e. The average molecular weight is 126 g/mol. The van der Waals surface area contributed by atoms with Crippen LogP contribution in [0.25, 0.3) is 0 Å². The van der Waals surface area contributed by atoms with E-state index in [2.05, 4.69) is 6.92 Å². The van der Waals surface area contributed by atoms with E-state index >= 15 is 0 Å². The molecule has 52 valence electrons. The molecule has 0 aromatic rings. The molecule has 1 heteroatoms. The lowest BCUT2D eigenvalue weighted by molar-refractivity contribution is -0.106. The smallest absolute Gasteiger partial charge is 0.0550 e. The molecular weight excluding hydrogens is 112 g/mol. The number of aliphatic hydroxyl groups is 1. The zero-order valence-corrected chi connectivity index (χ0v) is 5.93. The predicted molar refractivity (Wildman–Crippen MR) is 36.1 cm³/mol. The van der Waals surface area contributed by atoms with Crippen molar-refractivity contribution in [2.75, 3.05) is 0 Å².